The first-order valence-electron chi connectivity index (χ1n) is 13.2. The highest BCUT2D eigenvalue weighted by atomic mass is 32.2. The van der Waals surface area contributed by atoms with Crippen molar-refractivity contribution in [1.29, 1.82) is 0 Å². The second-order valence-electron chi connectivity index (χ2n) is 10.0. The third-order valence-corrected chi connectivity index (χ3v) is 8.60. The monoisotopic (exact) mass is 549 g/mol. The van der Waals surface area contributed by atoms with Crippen LogP contribution in [0.4, 0.5) is 5.69 Å². The van der Waals surface area contributed by atoms with Crippen molar-refractivity contribution < 1.29 is 18.0 Å². The average molecular weight is 550 g/mol. The van der Waals surface area contributed by atoms with Crippen LogP contribution in [-0.2, 0) is 26.2 Å². The van der Waals surface area contributed by atoms with E-state index in [4.69, 9.17) is 0 Å². The van der Waals surface area contributed by atoms with Gasteiger partial charge >= 0.3 is 0 Å². The average Bonchev–Trinajstić information content (AvgIpc) is 2.90. The summed E-state index contributed by atoms with van der Waals surface area (Å²) in [6, 6.07) is 18.9. The highest BCUT2D eigenvalue weighted by molar-refractivity contribution is 7.92. The van der Waals surface area contributed by atoms with Crippen molar-refractivity contribution in [2.45, 2.75) is 65.4 Å². The zero-order valence-electron chi connectivity index (χ0n) is 23.7. The zero-order chi connectivity index (χ0) is 28.7. The molecule has 0 saturated carbocycles. The van der Waals surface area contributed by atoms with Crippen LogP contribution in [0.15, 0.2) is 71.6 Å². The van der Waals surface area contributed by atoms with Crippen LogP contribution in [0, 0.1) is 27.7 Å². The van der Waals surface area contributed by atoms with Gasteiger partial charge < -0.3 is 10.2 Å². The molecule has 3 aromatic carbocycles. The number of carbonyl (C=O) groups is 2. The molecule has 8 heteroatoms. The van der Waals surface area contributed by atoms with Gasteiger partial charge in [0.15, 0.2) is 0 Å². The largest absolute Gasteiger partial charge is 0.354 e. The molecule has 0 bridgehead atoms. The summed E-state index contributed by atoms with van der Waals surface area (Å²) >= 11 is 0. The Morgan fingerprint density at radius 2 is 1.51 bits per heavy atom. The van der Waals surface area contributed by atoms with Crippen molar-refractivity contribution in [2.75, 3.05) is 17.4 Å². The van der Waals surface area contributed by atoms with Crippen LogP contribution < -0.4 is 9.62 Å². The third kappa shape index (κ3) is 7.26. The van der Waals surface area contributed by atoms with Gasteiger partial charge in [-0.2, -0.15) is 0 Å². The van der Waals surface area contributed by atoms with Gasteiger partial charge in [0.1, 0.15) is 12.6 Å². The molecule has 7 nitrogen and oxygen atoms in total. The molecule has 0 aromatic heterocycles. The van der Waals surface area contributed by atoms with E-state index in [0.29, 0.717) is 12.2 Å². The first-order chi connectivity index (χ1) is 18.4. The maximum Gasteiger partial charge on any atom is 0.264 e. The van der Waals surface area contributed by atoms with Gasteiger partial charge in [-0.3, -0.25) is 13.9 Å². The quantitative estimate of drug-likeness (QED) is 0.362. The molecule has 0 saturated heterocycles. The normalized spacial score (nSPS) is 12.1. The van der Waals surface area contributed by atoms with Gasteiger partial charge in [-0.05, 0) is 75.9 Å². The lowest BCUT2D eigenvalue weighted by Gasteiger charge is -2.32. The fourth-order valence-corrected chi connectivity index (χ4v) is 5.86. The number of hydrogen-bond donors (Lipinski definition) is 1. The molecule has 1 N–H and O–H groups in total. The smallest absolute Gasteiger partial charge is 0.264 e. The Balaban J connectivity index is 2.06. The van der Waals surface area contributed by atoms with Crippen molar-refractivity contribution in [3.05, 3.63) is 94.5 Å². The van der Waals surface area contributed by atoms with Gasteiger partial charge in [-0.15, -0.1) is 0 Å². The summed E-state index contributed by atoms with van der Waals surface area (Å²) < 4.78 is 29.1. The molecular formula is C31H39N3O4S. The van der Waals surface area contributed by atoms with Crippen LogP contribution in [0.3, 0.4) is 0 Å². The number of amides is 2. The van der Waals surface area contributed by atoms with Crippen molar-refractivity contribution in [3.8, 4) is 0 Å². The van der Waals surface area contributed by atoms with Crippen LogP contribution in [0.25, 0.3) is 0 Å². The van der Waals surface area contributed by atoms with Gasteiger partial charge in [0, 0.05) is 13.1 Å². The van der Waals surface area contributed by atoms with Gasteiger partial charge in [0.05, 0.1) is 10.6 Å². The van der Waals surface area contributed by atoms with E-state index in [1.165, 1.54) is 4.90 Å². The Morgan fingerprint density at radius 3 is 2.13 bits per heavy atom. The molecular weight excluding hydrogens is 510 g/mol. The highest BCUT2D eigenvalue weighted by Crippen LogP contribution is 2.28. The number of anilines is 1. The zero-order valence-corrected chi connectivity index (χ0v) is 24.5. The minimum absolute atomic E-state index is 0.0973. The van der Waals surface area contributed by atoms with E-state index in [0.717, 1.165) is 38.5 Å². The molecule has 0 aliphatic rings. The van der Waals surface area contributed by atoms with E-state index in [1.807, 2.05) is 71.0 Å². The number of rotatable bonds is 11. The molecule has 208 valence electrons. The predicted molar refractivity (Wildman–Crippen MR) is 156 cm³/mol. The lowest BCUT2D eigenvalue weighted by Crippen LogP contribution is -2.51. The highest BCUT2D eigenvalue weighted by Gasteiger charge is 2.33. The Labute approximate surface area is 232 Å². The van der Waals surface area contributed by atoms with E-state index in [-0.39, 0.29) is 17.3 Å². The molecule has 39 heavy (non-hydrogen) atoms. The Kier molecular flexibility index (Phi) is 9.92. The molecule has 3 rings (SSSR count). The lowest BCUT2D eigenvalue weighted by molar-refractivity contribution is -0.139. The van der Waals surface area contributed by atoms with Gasteiger partial charge in [-0.1, -0.05) is 66.6 Å². The van der Waals surface area contributed by atoms with E-state index >= 15 is 0 Å². The van der Waals surface area contributed by atoms with Crippen molar-refractivity contribution >= 4 is 27.5 Å². The molecule has 2 amide bonds. The summed E-state index contributed by atoms with van der Waals surface area (Å²) in [5, 5.41) is 2.86. The standard InChI is InChI=1S/C31H39N3O4S/c1-7-18-32-31(36)26(6)33(20-27-11-9-8-10-24(27)4)30(35)21-34(29-17-14-23(3)19-25(29)5)39(37,38)28-15-12-22(2)13-16-28/h8-17,19,26H,7,18,20-21H2,1-6H3,(H,32,36). The lowest BCUT2D eigenvalue weighted by atomic mass is 10.1. The molecule has 0 aliphatic carbocycles. The molecule has 0 spiro atoms. The molecule has 0 aliphatic heterocycles. The summed E-state index contributed by atoms with van der Waals surface area (Å²) in [7, 11) is -4.09. The topological polar surface area (TPSA) is 86.8 Å². The number of hydrogen-bond acceptors (Lipinski definition) is 4. The number of nitrogens with one attached hydrogen (secondary N) is 1. The summed E-state index contributed by atoms with van der Waals surface area (Å²) in [4.78, 5) is 28.6. The number of benzene rings is 3. The minimum atomic E-state index is -4.09. The van der Waals surface area contributed by atoms with Gasteiger partial charge in [0.25, 0.3) is 10.0 Å². The van der Waals surface area contributed by atoms with Crippen LogP contribution in [0.2, 0.25) is 0 Å². The number of nitrogens with zero attached hydrogens (tertiary/aromatic N) is 2. The fraction of sp³-hybridized carbons (Fsp3) is 0.355. The first kappa shape index (κ1) is 29.9. The summed E-state index contributed by atoms with van der Waals surface area (Å²) in [5.41, 5.74) is 4.94. The van der Waals surface area contributed by atoms with Crippen LogP contribution >= 0.6 is 0 Å². The Morgan fingerprint density at radius 1 is 0.872 bits per heavy atom. The van der Waals surface area contributed by atoms with Crippen LogP contribution in [-0.4, -0.2) is 44.3 Å². The second-order valence-corrected chi connectivity index (χ2v) is 11.9. The van der Waals surface area contributed by atoms with Crippen LogP contribution in [0.1, 0.15) is 48.1 Å². The molecule has 0 radical (unpaired) electrons. The summed E-state index contributed by atoms with van der Waals surface area (Å²) in [6.45, 7) is 11.5. The fourth-order valence-electron chi connectivity index (χ4n) is 4.39. The number of carbonyl (C=O) groups excluding carboxylic acids is 2. The first-order valence-corrected chi connectivity index (χ1v) is 14.7. The van der Waals surface area contributed by atoms with Crippen molar-refractivity contribution in [3.63, 3.8) is 0 Å². The molecule has 0 fully saturated rings. The van der Waals surface area contributed by atoms with Crippen molar-refractivity contribution in [1.82, 2.24) is 10.2 Å². The summed E-state index contributed by atoms with van der Waals surface area (Å²) in [5.74, 6) is -0.744. The predicted octanol–water partition coefficient (Wildman–Crippen LogP) is 5.06. The third-order valence-electron chi connectivity index (χ3n) is 6.83. The molecule has 3 aromatic rings. The number of sulfonamides is 1. The Bertz CT molecular complexity index is 1420. The van der Waals surface area contributed by atoms with Crippen molar-refractivity contribution in [2.24, 2.45) is 0 Å². The maximum absolute atomic E-state index is 14.0. The van der Waals surface area contributed by atoms with Gasteiger partial charge in [-0.25, -0.2) is 8.42 Å². The Hall–Kier alpha value is -3.65. The SMILES string of the molecule is CCCNC(=O)C(C)N(Cc1ccccc1C)C(=O)CN(c1ccc(C)cc1C)S(=O)(=O)c1ccc(C)cc1. The van der Waals surface area contributed by atoms with E-state index < -0.39 is 28.5 Å². The maximum atomic E-state index is 14.0. The van der Waals surface area contributed by atoms with Gasteiger partial charge in [0.2, 0.25) is 11.8 Å². The second kappa shape index (κ2) is 12.9. The number of aryl methyl sites for hydroxylation is 4. The molecule has 0 heterocycles. The van der Waals surface area contributed by atoms with E-state index in [9.17, 15) is 18.0 Å². The molecule has 1 unspecified atom stereocenters. The molecule has 1 atom stereocenters. The van der Waals surface area contributed by atoms with Crippen LogP contribution in [0.5, 0.6) is 0 Å². The minimum Gasteiger partial charge on any atom is -0.354 e. The summed E-state index contributed by atoms with van der Waals surface area (Å²) in [6.07, 6.45) is 0.763. The van der Waals surface area contributed by atoms with E-state index in [2.05, 4.69) is 5.32 Å². The van der Waals surface area contributed by atoms with E-state index in [1.54, 1.807) is 37.3 Å².